The Morgan fingerprint density at radius 2 is 1.86 bits per heavy atom. The van der Waals surface area contributed by atoms with Crippen molar-refractivity contribution in [2.75, 3.05) is 0 Å². The van der Waals surface area contributed by atoms with Crippen molar-refractivity contribution in [2.24, 2.45) is 5.92 Å². The third-order valence-corrected chi connectivity index (χ3v) is 2.80. The summed E-state index contributed by atoms with van der Waals surface area (Å²) < 4.78 is 0. The summed E-state index contributed by atoms with van der Waals surface area (Å²) in [6, 6.07) is 9.95. The average Bonchev–Trinajstić information content (AvgIpc) is 2.43. The van der Waals surface area contributed by atoms with Crippen LogP contribution in [0, 0.1) is 5.92 Å². The first-order chi connectivity index (χ1) is 6.70. The maximum Gasteiger partial charge on any atom is 0.166 e. The van der Waals surface area contributed by atoms with Gasteiger partial charge in [0.05, 0.1) is 0 Å². The van der Waals surface area contributed by atoms with Gasteiger partial charge in [0.2, 0.25) is 0 Å². The summed E-state index contributed by atoms with van der Waals surface area (Å²) in [7, 11) is 0. The molecule has 0 aromatic heterocycles. The fourth-order valence-corrected chi connectivity index (χ4v) is 2.10. The molecule has 0 spiro atoms. The van der Waals surface area contributed by atoms with Crippen LogP contribution in [0.4, 0.5) is 0 Å². The van der Waals surface area contributed by atoms with Gasteiger partial charge in [0.25, 0.3) is 0 Å². The minimum absolute atomic E-state index is 0.171. The van der Waals surface area contributed by atoms with Gasteiger partial charge in [-0.3, -0.25) is 4.79 Å². The lowest BCUT2D eigenvalue weighted by Crippen LogP contribution is -2.05. The third kappa shape index (κ3) is 1.39. The quantitative estimate of drug-likeness (QED) is 0.658. The Labute approximate surface area is 84.5 Å². The minimum Gasteiger partial charge on any atom is -0.294 e. The molecular weight excluding hydrogens is 172 g/mol. The topological polar surface area (TPSA) is 17.1 Å². The highest BCUT2D eigenvalue weighted by Gasteiger charge is 2.27. The van der Waals surface area contributed by atoms with Gasteiger partial charge in [-0.2, -0.15) is 0 Å². The van der Waals surface area contributed by atoms with Crippen LogP contribution >= 0.6 is 0 Å². The first kappa shape index (κ1) is 9.20. The molecule has 72 valence electrons. The molecule has 1 heteroatoms. The molecule has 0 bridgehead atoms. The Morgan fingerprint density at radius 3 is 2.36 bits per heavy atom. The van der Waals surface area contributed by atoms with E-state index in [-0.39, 0.29) is 5.92 Å². The SMILES string of the molecule is CC1=C(c2ccccc2)C(=O)C(C)C1. The van der Waals surface area contributed by atoms with Crippen LogP contribution in [-0.2, 0) is 4.79 Å². The Kier molecular flexibility index (Phi) is 2.24. The number of hydrogen-bond acceptors (Lipinski definition) is 1. The molecule has 14 heavy (non-hydrogen) atoms. The molecule has 0 fully saturated rings. The van der Waals surface area contributed by atoms with Gasteiger partial charge in [0.1, 0.15) is 0 Å². The standard InChI is InChI=1S/C13H14O/c1-9-8-10(2)13(14)12(9)11-6-4-3-5-7-11/h3-7,10H,8H2,1-2H3. The molecule has 1 aliphatic rings. The van der Waals surface area contributed by atoms with E-state index in [1.807, 2.05) is 37.3 Å². The van der Waals surface area contributed by atoms with Gasteiger partial charge in [0, 0.05) is 11.5 Å². The second-order valence-corrected chi connectivity index (χ2v) is 3.99. The Hall–Kier alpha value is -1.37. The highest BCUT2D eigenvalue weighted by Crippen LogP contribution is 2.33. The van der Waals surface area contributed by atoms with Crippen molar-refractivity contribution >= 4 is 11.4 Å². The molecule has 0 saturated carbocycles. The number of rotatable bonds is 1. The van der Waals surface area contributed by atoms with Crippen LogP contribution in [0.25, 0.3) is 5.57 Å². The second kappa shape index (κ2) is 3.41. The number of carbonyl (C=O) groups excluding carboxylic acids is 1. The van der Waals surface area contributed by atoms with Gasteiger partial charge in [-0.1, -0.05) is 42.8 Å². The number of allylic oxidation sites excluding steroid dienone is 2. The zero-order valence-corrected chi connectivity index (χ0v) is 8.58. The second-order valence-electron chi connectivity index (χ2n) is 3.99. The summed E-state index contributed by atoms with van der Waals surface area (Å²) in [5, 5.41) is 0. The summed E-state index contributed by atoms with van der Waals surface area (Å²) in [5.41, 5.74) is 3.24. The number of Topliss-reactive ketones (excluding diaryl/α,β-unsaturated/α-hetero) is 1. The minimum atomic E-state index is 0.171. The molecule has 0 aliphatic heterocycles. The normalized spacial score (nSPS) is 21.9. The zero-order chi connectivity index (χ0) is 10.1. The average molecular weight is 186 g/mol. The van der Waals surface area contributed by atoms with Gasteiger partial charge < -0.3 is 0 Å². The fraction of sp³-hybridized carbons (Fsp3) is 0.308. The molecular formula is C13H14O. The van der Waals surface area contributed by atoms with Gasteiger partial charge in [-0.05, 0) is 18.9 Å². The van der Waals surface area contributed by atoms with E-state index in [4.69, 9.17) is 0 Å². The molecule has 1 aromatic carbocycles. The van der Waals surface area contributed by atoms with Crippen LogP contribution < -0.4 is 0 Å². The molecule has 0 N–H and O–H groups in total. The predicted molar refractivity (Wildman–Crippen MR) is 57.8 cm³/mol. The lowest BCUT2D eigenvalue weighted by molar-refractivity contribution is -0.116. The molecule has 1 unspecified atom stereocenters. The molecule has 0 amide bonds. The zero-order valence-electron chi connectivity index (χ0n) is 8.58. The van der Waals surface area contributed by atoms with Gasteiger partial charge in [-0.25, -0.2) is 0 Å². The molecule has 1 aliphatic carbocycles. The molecule has 1 atom stereocenters. The third-order valence-electron chi connectivity index (χ3n) is 2.80. The monoisotopic (exact) mass is 186 g/mol. The van der Waals surface area contributed by atoms with Crippen LogP contribution in [0.2, 0.25) is 0 Å². The number of hydrogen-bond donors (Lipinski definition) is 0. The predicted octanol–water partition coefficient (Wildman–Crippen LogP) is 3.07. The van der Waals surface area contributed by atoms with Crippen LogP contribution in [-0.4, -0.2) is 5.78 Å². The van der Waals surface area contributed by atoms with E-state index in [0.29, 0.717) is 5.78 Å². The van der Waals surface area contributed by atoms with Crippen LogP contribution in [0.5, 0.6) is 0 Å². The summed E-state index contributed by atoms with van der Waals surface area (Å²) >= 11 is 0. The van der Waals surface area contributed by atoms with Crippen LogP contribution in [0.15, 0.2) is 35.9 Å². The molecule has 0 saturated heterocycles. The number of benzene rings is 1. The van der Waals surface area contributed by atoms with Crippen LogP contribution in [0.3, 0.4) is 0 Å². The maximum absolute atomic E-state index is 11.9. The first-order valence-corrected chi connectivity index (χ1v) is 4.99. The molecule has 2 rings (SSSR count). The lowest BCUT2D eigenvalue weighted by atomic mass is 10.0. The molecule has 1 nitrogen and oxygen atoms in total. The summed E-state index contributed by atoms with van der Waals surface area (Å²) in [4.78, 5) is 11.9. The Bertz CT molecular complexity index is 387. The van der Waals surface area contributed by atoms with Crippen molar-refractivity contribution in [3.8, 4) is 0 Å². The fourth-order valence-electron chi connectivity index (χ4n) is 2.10. The lowest BCUT2D eigenvalue weighted by Gasteiger charge is -2.03. The van der Waals surface area contributed by atoms with Crippen molar-refractivity contribution in [1.82, 2.24) is 0 Å². The van der Waals surface area contributed by atoms with E-state index in [1.54, 1.807) is 0 Å². The van der Waals surface area contributed by atoms with E-state index in [2.05, 4.69) is 6.92 Å². The highest BCUT2D eigenvalue weighted by atomic mass is 16.1. The summed E-state index contributed by atoms with van der Waals surface area (Å²) in [5.74, 6) is 0.471. The molecule has 1 aromatic rings. The van der Waals surface area contributed by atoms with Gasteiger partial charge >= 0.3 is 0 Å². The van der Waals surface area contributed by atoms with E-state index in [1.165, 1.54) is 5.57 Å². The Balaban J connectivity index is 2.45. The summed E-state index contributed by atoms with van der Waals surface area (Å²) in [6.45, 7) is 4.06. The molecule has 0 radical (unpaired) electrons. The van der Waals surface area contributed by atoms with E-state index >= 15 is 0 Å². The maximum atomic E-state index is 11.9. The van der Waals surface area contributed by atoms with Crippen molar-refractivity contribution in [1.29, 1.82) is 0 Å². The highest BCUT2D eigenvalue weighted by molar-refractivity contribution is 6.24. The molecule has 0 heterocycles. The van der Waals surface area contributed by atoms with Gasteiger partial charge in [-0.15, -0.1) is 0 Å². The summed E-state index contributed by atoms with van der Waals surface area (Å²) in [6.07, 6.45) is 0.920. The van der Waals surface area contributed by atoms with Crippen molar-refractivity contribution in [2.45, 2.75) is 20.3 Å². The van der Waals surface area contributed by atoms with Crippen molar-refractivity contribution < 1.29 is 4.79 Å². The smallest absolute Gasteiger partial charge is 0.166 e. The van der Waals surface area contributed by atoms with E-state index in [9.17, 15) is 4.79 Å². The first-order valence-electron chi connectivity index (χ1n) is 4.99. The van der Waals surface area contributed by atoms with Crippen molar-refractivity contribution in [3.05, 3.63) is 41.5 Å². The largest absolute Gasteiger partial charge is 0.294 e. The Morgan fingerprint density at radius 1 is 1.21 bits per heavy atom. The van der Waals surface area contributed by atoms with Gasteiger partial charge in [0.15, 0.2) is 5.78 Å². The number of ketones is 1. The van der Waals surface area contributed by atoms with E-state index < -0.39 is 0 Å². The number of carbonyl (C=O) groups is 1. The van der Waals surface area contributed by atoms with Crippen molar-refractivity contribution in [3.63, 3.8) is 0 Å². The van der Waals surface area contributed by atoms with E-state index in [0.717, 1.165) is 17.6 Å². The van der Waals surface area contributed by atoms with Crippen LogP contribution in [0.1, 0.15) is 25.8 Å².